The summed E-state index contributed by atoms with van der Waals surface area (Å²) in [5, 5.41) is 7.33. The SMILES string of the molecule is CCOC(=O)c1c(C)nn(-c2ccc(NC(=O)C(C)(C)C)cc2)c1C. The summed E-state index contributed by atoms with van der Waals surface area (Å²) < 4.78 is 6.80. The summed E-state index contributed by atoms with van der Waals surface area (Å²) >= 11 is 0. The van der Waals surface area contributed by atoms with Crippen molar-refractivity contribution in [2.45, 2.75) is 41.5 Å². The zero-order chi connectivity index (χ0) is 18.8. The Morgan fingerprint density at radius 1 is 1.16 bits per heavy atom. The first kappa shape index (κ1) is 18.7. The molecule has 1 aromatic carbocycles. The van der Waals surface area contributed by atoms with E-state index in [0.717, 1.165) is 17.1 Å². The van der Waals surface area contributed by atoms with Gasteiger partial charge in [-0.1, -0.05) is 20.8 Å². The number of ether oxygens (including phenoxy) is 1. The summed E-state index contributed by atoms with van der Waals surface area (Å²) in [6.45, 7) is 11.3. The highest BCUT2D eigenvalue weighted by atomic mass is 16.5. The van der Waals surface area contributed by atoms with E-state index in [1.54, 1.807) is 18.5 Å². The van der Waals surface area contributed by atoms with Crippen LogP contribution in [0.15, 0.2) is 24.3 Å². The molecule has 0 aliphatic heterocycles. The summed E-state index contributed by atoms with van der Waals surface area (Å²) in [6, 6.07) is 7.35. The number of amides is 1. The van der Waals surface area contributed by atoms with Crippen molar-refractivity contribution < 1.29 is 14.3 Å². The van der Waals surface area contributed by atoms with Crippen LogP contribution in [0.5, 0.6) is 0 Å². The van der Waals surface area contributed by atoms with Crippen LogP contribution in [0, 0.1) is 19.3 Å². The highest BCUT2D eigenvalue weighted by molar-refractivity contribution is 5.94. The number of carbonyl (C=O) groups is 2. The number of hydrogen-bond donors (Lipinski definition) is 1. The smallest absolute Gasteiger partial charge is 0.341 e. The Balaban J connectivity index is 2.27. The summed E-state index contributed by atoms with van der Waals surface area (Å²) in [7, 11) is 0. The third-order valence-electron chi connectivity index (χ3n) is 3.82. The van der Waals surface area contributed by atoms with E-state index in [0.29, 0.717) is 17.9 Å². The fraction of sp³-hybridized carbons (Fsp3) is 0.421. The van der Waals surface area contributed by atoms with Crippen LogP contribution in [0.4, 0.5) is 5.69 Å². The van der Waals surface area contributed by atoms with E-state index in [1.165, 1.54) is 0 Å². The van der Waals surface area contributed by atoms with Crippen molar-refractivity contribution in [2.75, 3.05) is 11.9 Å². The Morgan fingerprint density at radius 3 is 2.28 bits per heavy atom. The third kappa shape index (κ3) is 4.07. The lowest BCUT2D eigenvalue weighted by atomic mass is 9.95. The maximum absolute atomic E-state index is 12.1. The van der Waals surface area contributed by atoms with E-state index in [4.69, 9.17) is 4.74 Å². The lowest BCUT2D eigenvalue weighted by Gasteiger charge is -2.17. The van der Waals surface area contributed by atoms with E-state index < -0.39 is 5.41 Å². The predicted octanol–water partition coefficient (Wildman–Crippen LogP) is 3.65. The van der Waals surface area contributed by atoms with Crippen LogP contribution in [0.2, 0.25) is 0 Å². The Morgan fingerprint density at radius 2 is 1.76 bits per heavy atom. The first-order valence-corrected chi connectivity index (χ1v) is 8.30. The van der Waals surface area contributed by atoms with Crippen LogP contribution in [0.25, 0.3) is 5.69 Å². The van der Waals surface area contributed by atoms with Crippen molar-refractivity contribution >= 4 is 17.6 Å². The Bertz CT molecular complexity index is 783. The van der Waals surface area contributed by atoms with Crippen LogP contribution < -0.4 is 5.32 Å². The van der Waals surface area contributed by atoms with Gasteiger partial charge in [-0.15, -0.1) is 0 Å². The van der Waals surface area contributed by atoms with Gasteiger partial charge in [-0.2, -0.15) is 5.10 Å². The van der Waals surface area contributed by atoms with Crippen LogP contribution in [0.1, 0.15) is 49.4 Å². The second-order valence-corrected chi connectivity index (χ2v) is 6.93. The van der Waals surface area contributed by atoms with Crippen molar-refractivity contribution in [3.8, 4) is 5.69 Å². The molecule has 1 aromatic heterocycles. The number of rotatable bonds is 4. The summed E-state index contributed by atoms with van der Waals surface area (Å²) in [4.78, 5) is 24.1. The Kier molecular flexibility index (Phi) is 5.30. The molecule has 0 saturated carbocycles. The monoisotopic (exact) mass is 343 g/mol. The molecule has 0 spiro atoms. The molecule has 0 aliphatic rings. The number of nitrogens with zero attached hydrogens (tertiary/aromatic N) is 2. The van der Waals surface area contributed by atoms with Crippen LogP contribution >= 0.6 is 0 Å². The first-order chi connectivity index (χ1) is 11.6. The second-order valence-electron chi connectivity index (χ2n) is 6.93. The van der Waals surface area contributed by atoms with Gasteiger partial charge in [0.05, 0.1) is 23.7 Å². The number of aryl methyl sites for hydroxylation is 1. The minimum Gasteiger partial charge on any atom is -0.462 e. The van der Waals surface area contributed by atoms with Gasteiger partial charge in [-0.05, 0) is 45.0 Å². The largest absolute Gasteiger partial charge is 0.462 e. The average molecular weight is 343 g/mol. The van der Waals surface area contributed by atoms with Gasteiger partial charge in [0.2, 0.25) is 5.91 Å². The minimum atomic E-state index is -0.455. The second kappa shape index (κ2) is 7.09. The standard InChI is InChI=1S/C19H25N3O3/c1-7-25-17(23)16-12(2)21-22(13(16)3)15-10-8-14(9-11-15)20-18(24)19(4,5)6/h8-11H,7H2,1-6H3,(H,20,24). The van der Waals surface area contributed by atoms with Crippen molar-refractivity contribution in [2.24, 2.45) is 5.41 Å². The maximum atomic E-state index is 12.1. The molecule has 6 nitrogen and oxygen atoms in total. The summed E-state index contributed by atoms with van der Waals surface area (Å²) in [5.41, 5.74) is 2.92. The van der Waals surface area contributed by atoms with Gasteiger partial charge in [0.1, 0.15) is 5.56 Å². The number of aromatic nitrogens is 2. The summed E-state index contributed by atoms with van der Waals surface area (Å²) in [6.07, 6.45) is 0. The zero-order valence-corrected chi connectivity index (χ0v) is 15.6. The molecule has 6 heteroatoms. The molecular weight excluding hydrogens is 318 g/mol. The highest BCUT2D eigenvalue weighted by Gasteiger charge is 2.22. The van der Waals surface area contributed by atoms with Crippen molar-refractivity contribution in [1.82, 2.24) is 9.78 Å². The van der Waals surface area contributed by atoms with E-state index in [2.05, 4.69) is 10.4 Å². The van der Waals surface area contributed by atoms with Crippen LogP contribution in [0.3, 0.4) is 0 Å². The van der Waals surface area contributed by atoms with Crippen molar-refractivity contribution in [3.63, 3.8) is 0 Å². The predicted molar refractivity (Wildman–Crippen MR) is 97.1 cm³/mol. The molecule has 2 rings (SSSR count). The first-order valence-electron chi connectivity index (χ1n) is 8.30. The van der Waals surface area contributed by atoms with Gasteiger partial charge < -0.3 is 10.1 Å². The Hall–Kier alpha value is -2.63. The summed E-state index contributed by atoms with van der Waals surface area (Å²) in [5.74, 6) is -0.409. The van der Waals surface area contributed by atoms with Crippen molar-refractivity contribution in [3.05, 3.63) is 41.2 Å². The molecule has 2 aromatic rings. The highest BCUT2D eigenvalue weighted by Crippen LogP contribution is 2.22. The molecule has 1 N–H and O–H groups in total. The molecule has 25 heavy (non-hydrogen) atoms. The number of benzene rings is 1. The molecule has 0 bridgehead atoms. The molecule has 0 fully saturated rings. The number of nitrogens with one attached hydrogen (secondary N) is 1. The van der Waals surface area contributed by atoms with Gasteiger partial charge >= 0.3 is 5.97 Å². The molecule has 1 heterocycles. The van der Waals surface area contributed by atoms with Gasteiger partial charge in [0.15, 0.2) is 0 Å². The molecule has 1 amide bonds. The van der Waals surface area contributed by atoms with E-state index >= 15 is 0 Å². The van der Waals surface area contributed by atoms with Crippen LogP contribution in [-0.4, -0.2) is 28.3 Å². The fourth-order valence-corrected chi connectivity index (χ4v) is 2.40. The molecule has 0 unspecified atom stereocenters. The number of carbonyl (C=O) groups excluding carboxylic acids is 2. The molecule has 0 radical (unpaired) electrons. The van der Waals surface area contributed by atoms with E-state index in [1.807, 2.05) is 52.0 Å². The van der Waals surface area contributed by atoms with E-state index in [9.17, 15) is 9.59 Å². The number of anilines is 1. The normalized spacial score (nSPS) is 11.3. The lowest BCUT2D eigenvalue weighted by molar-refractivity contribution is -0.123. The van der Waals surface area contributed by atoms with Gasteiger partial charge in [0, 0.05) is 11.1 Å². The minimum absolute atomic E-state index is 0.0454. The average Bonchev–Trinajstić information content (AvgIpc) is 2.82. The zero-order valence-electron chi connectivity index (χ0n) is 15.6. The molecule has 0 atom stereocenters. The number of hydrogen-bond acceptors (Lipinski definition) is 4. The van der Waals surface area contributed by atoms with E-state index in [-0.39, 0.29) is 11.9 Å². The molecule has 0 aliphatic carbocycles. The van der Waals surface area contributed by atoms with Gasteiger partial charge in [-0.3, -0.25) is 4.79 Å². The molecule has 0 saturated heterocycles. The number of esters is 1. The Labute approximate surface area is 148 Å². The third-order valence-corrected chi connectivity index (χ3v) is 3.82. The van der Waals surface area contributed by atoms with Gasteiger partial charge in [0.25, 0.3) is 0 Å². The maximum Gasteiger partial charge on any atom is 0.341 e. The fourth-order valence-electron chi connectivity index (χ4n) is 2.40. The van der Waals surface area contributed by atoms with Crippen molar-refractivity contribution in [1.29, 1.82) is 0 Å². The van der Waals surface area contributed by atoms with Crippen LogP contribution in [-0.2, 0) is 9.53 Å². The quantitative estimate of drug-likeness (QED) is 0.860. The lowest BCUT2D eigenvalue weighted by Crippen LogP contribution is -2.27. The molecule has 134 valence electrons. The molecular formula is C19H25N3O3. The topological polar surface area (TPSA) is 73.2 Å². The van der Waals surface area contributed by atoms with Gasteiger partial charge in [-0.25, -0.2) is 9.48 Å².